The summed E-state index contributed by atoms with van der Waals surface area (Å²) in [6, 6.07) is 17.3. The van der Waals surface area contributed by atoms with E-state index in [9.17, 15) is 4.79 Å². The van der Waals surface area contributed by atoms with Crippen molar-refractivity contribution in [3.63, 3.8) is 0 Å². The Balaban J connectivity index is 1.57. The molecule has 1 N–H and O–H groups in total. The zero-order valence-electron chi connectivity index (χ0n) is 18.2. The van der Waals surface area contributed by atoms with E-state index in [1.165, 1.54) is 11.8 Å². The van der Waals surface area contributed by atoms with Gasteiger partial charge in [0.15, 0.2) is 10.9 Å². The van der Waals surface area contributed by atoms with Crippen LogP contribution in [-0.2, 0) is 4.79 Å². The number of anilines is 1. The molecule has 1 amide bonds. The highest BCUT2D eigenvalue weighted by Crippen LogP contribution is 2.29. The van der Waals surface area contributed by atoms with Crippen LogP contribution < -0.4 is 10.1 Å². The first-order chi connectivity index (χ1) is 15.5. The summed E-state index contributed by atoms with van der Waals surface area (Å²) in [5.74, 6) is 2.03. The van der Waals surface area contributed by atoms with Crippen LogP contribution in [0.5, 0.6) is 5.75 Å². The first kappa shape index (κ1) is 21.7. The molecule has 0 saturated heterocycles. The van der Waals surface area contributed by atoms with Gasteiger partial charge in [0.25, 0.3) is 0 Å². The minimum absolute atomic E-state index is 0.107. The van der Waals surface area contributed by atoms with Gasteiger partial charge in [0.1, 0.15) is 5.75 Å². The molecule has 0 fully saturated rings. The summed E-state index contributed by atoms with van der Waals surface area (Å²) in [4.78, 5) is 12.6. The second-order valence-corrected chi connectivity index (χ2v) is 8.14. The van der Waals surface area contributed by atoms with E-state index >= 15 is 0 Å². The number of hydrogen-bond acceptors (Lipinski definition) is 6. The zero-order valence-corrected chi connectivity index (χ0v) is 19.0. The second-order valence-electron chi connectivity index (χ2n) is 7.20. The van der Waals surface area contributed by atoms with Crippen molar-refractivity contribution in [2.75, 3.05) is 17.7 Å². The molecule has 0 bridgehead atoms. The number of carbonyl (C=O) groups is 1. The quantitative estimate of drug-likeness (QED) is 0.370. The van der Waals surface area contributed by atoms with Crippen LogP contribution in [0.2, 0.25) is 0 Å². The summed E-state index contributed by atoms with van der Waals surface area (Å²) in [7, 11) is 0. The van der Waals surface area contributed by atoms with Gasteiger partial charge in [0.2, 0.25) is 11.7 Å². The average Bonchev–Trinajstić information content (AvgIpc) is 3.45. The number of hydrogen-bond donors (Lipinski definition) is 1. The molecule has 164 valence electrons. The van der Waals surface area contributed by atoms with Crippen molar-refractivity contribution in [2.24, 2.45) is 0 Å². The van der Waals surface area contributed by atoms with Crippen LogP contribution in [0.1, 0.15) is 18.1 Å². The number of ether oxygens (including phenoxy) is 1. The van der Waals surface area contributed by atoms with Gasteiger partial charge >= 0.3 is 0 Å². The molecule has 0 aliphatic carbocycles. The molecule has 0 atom stereocenters. The number of furan rings is 1. The summed E-state index contributed by atoms with van der Waals surface area (Å²) >= 11 is 1.32. The van der Waals surface area contributed by atoms with Crippen LogP contribution in [0.15, 0.2) is 70.4 Å². The van der Waals surface area contributed by atoms with Crippen molar-refractivity contribution in [3.05, 3.63) is 72.0 Å². The average molecular weight is 449 g/mol. The van der Waals surface area contributed by atoms with Gasteiger partial charge in [-0.05, 0) is 74.4 Å². The first-order valence-electron chi connectivity index (χ1n) is 10.3. The molecular formula is C24H24N4O3S. The minimum Gasteiger partial charge on any atom is -0.494 e. The van der Waals surface area contributed by atoms with E-state index in [1.807, 2.05) is 73.9 Å². The lowest BCUT2D eigenvalue weighted by molar-refractivity contribution is -0.113. The summed E-state index contributed by atoms with van der Waals surface area (Å²) in [6.45, 7) is 6.51. The maximum atomic E-state index is 12.6. The van der Waals surface area contributed by atoms with Crippen LogP contribution in [0.4, 0.5) is 5.69 Å². The normalized spacial score (nSPS) is 10.8. The molecule has 2 aromatic carbocycles. The Labute approximate surface area is 190 Å². The molecule has 0 aliphatic rings. The highest BCUT2D eigenvalue weighted by Gasteiger charge is 2.19. The van der Waals surface area contributed by atoms with Crippen molar-refractivity contribution >= 4 is 23.4 Å². The predicted molar refractivity (Wildman–Crippen MR) is 125 cm³/mol. The molecule has 7 nitrogen and oxygen atoms in total. The van der Waals surface area contributed by atoms with E-state index in [1.54, 1.807) is 12.3 Å². The Morgan fingerprint density at radius 1 is 1.12 bits per heavy atom. The van der Waals surface area contributed by atoms with Crippen LogP contribution >= 0.6 is 11.8 Å². The Kier molecular flexibility index (Phi) is 6.61. The van der Waals surface area contributed by atoms with Crippen LogP contribution in [0.3, 0.4) is 0 Å². The number of nitrogens with one attached hydrogen (secondary N) is 1. The van der Waals surface area contributed by atoms with Crippen molar-refractivity contribution in [2.45, 2.75) is 25.9 Å². The van der Waals surface area contributed by atoms with Gasteiger partial charge in [0.05, 0.1) is 24.3 Å². The third-order valence-electron chi connectivity index (χ3n) is 4.78. The number of carbonyl (C=O) groups excluding carboxylic acids is 1. The lowest BCUT2D eigenvalue weighted by Gasteiger charge is -2.11. The van der Waals surface area contributed by atoms with E-state index in [-0.39, 0.29) is 11.7 Å². The molecule has 0 spiro atoms. The maximum absolute atomic E-state index is 12.6. The van der Waals surface area contributed by atoms with Crippen molar-refractivity contribution in [1.29, 1.82) is 0 Å². The minimum atomic E-state index is -0.107. The molecule has 2 aromatic heterocycles. The van der Waals surface area contributed by atoms with Crippen LogP contribution in [0.25, 0.3) is 17.3 Å². The molecule has 0 radical (unpaired) electrons. The predicted octanol–water partition coefficient (Wildman–Crippen LogP) is 5.27. The highest BCUT2D eigenvalue weighted by molar-refractivity contribution is 7.99. The molecule has 0 saturated carbocycles. The Bertz CT molecular complexity index is 1200. The lowest BCUT2D eigenvalue weighted by Crippen LogP contribution is -2.15. The van der Waals surface area contributed by atoms with Gasteiger partial charge in [-0.25, -0.2) is 0 Å². The van der Waals surface area contributed by atoms with Crippen LogP contribution in [0, 0.1) is 13.8 Å². The topological polar surface area (TPSA) is 82.2 Å². The number of rotatable bonds is 8. The number of aryl methyl sites for hydroxylation is 2. The Morgan fingerprint density at radius 2 is 1.94 bits per heavy atom. The molecule has 0 aliphatic heterocycles. The maximum Gasteiger partial charge on any atom is 0.234 e. The van der Waals surface area contributed by atoms with Crippen molar-refractivity contribution in [3.8, 4) is 23.0 Å². The fourth-order valence-electron chi connectivity index (χ4n) is 3.21. The van der Waals surface area contributed by atoms with E-state index in [0.717, 1.165) is 28.3 Å². The van der Waals surface area contributed by atoms with Gasteiger partial charge in [-0.2, -0.15) is 0 Å². The summed E-state index contributed by atoms with van der Waals surface area (Å²) in [5, 5.41) is 12.2. The van der Waals surface area contributed by atoms with Gasteiger partial charge in [-0.3, -0.25) is 9.36 Å². The summed E-state index contributed by atoms with van der Waals surface area (Å²) in [6.07, 6.45) is 1.59. The SMILES string of the molecule is CCOc1ccc(-n2c(SCC(=O)Nc3cc(C)ccc3C)nnc2-c2ccco2)cc1. The van der Waals surface area contributed by atoms with Crippen molar-refractivity contribution in [1.82, 2.24) is 14.8 Å². The Hall–Kier alpha value is -3.52. The van der Waals surface area contributed by atoms with Gasteiger partial charge in [0, 0.05) is 5.69 Å². The third kappa shape index (κ3) is 4.86. The summed E-state index contributed by atoms with van der Waals surface area (Å²) in [5.41, 5.74) is 3.78. The van der Waals surface area contributed by atoms with E-state index in [4.69, 9.17) is 9.15 Å². The molecule has 8 heteroatoms. The zero-order chi connectivity index (χ0) is 22.5. The molecular weight excluding hydrogens is 424 g/mol. The second kappa shape index (κ2) is 9.74. The van der Waals surface area contributed by atoms with Gasteiger partial charge in [-0.1, -0.05) is 23.9 Å². The molecule has 0 unspecified atom stereocenters. The fraction of sp³-hybridized carbons (Fsp3) is 0.208. The third-order valence-corrected chi connectivity index (χ3v) is 5.71. The first-order valence-corrected chi connectivity index (χ1v) is 11.3. The molecule has 32 heavy (non-hydrogen) atoms. The van der Waals surface area contributed by atoms with Crippen LogP contribution in [-0.4, -0.2) is 33.0 Å². The Morgan fingerprint density at radius 3 is 2.66 bits per heavy atom. The largest absolute Gasteiger partial charge is 0.494 e. The van der Waals surface area contributed by atoms with E-state index < -0.39 is 0 Å². The van der Waals surface area contributed by atoms with E-state index in [0.29, 0.717) is 23.3 Å². The number of amides is 1. The van der Waals surface area contributed by atoms with Gasteiger partial charge < -0.3 is 14.5 Å². The standard InChI is InChI=1S/C24H24N4O3S/c1-4-30-19-11-9-18(10-12-19)28-23(21-6-5-13-31-21)26-27-24(28)32-15-22(29)25-20-14-16(2)7-8-17(20)3/h5-14H,4,15H2,1-3H3,(H,25,29). The number of nitrogens with zero attached hydrogens (tertiary/aromatic N) is 3. The molecule has 4 aromatic rings. The fourth-order valence-corrected chi connectivity index (χ4v) is 3.96. The monoisotopic (exact) mass is 448 g/mol. The smallest absolute Gasteiger partial charge is 0.234 e. The number of thioether (sulfide) groups is 1. The molecule has 4 rings (SSSR count). The highest BCUT2D eigenvalue weighted by atomic mass is 32.2. The number of benzene rings is 2. The van der Waals surface area contributed by atoms with Gasteiger partial charge in [-0.15, -0.1) is 10.2 Å². The molecule has 2 heterocycles. The summed E-state index contributed by atoms with van der Waals surface area (Å²) < 4.78 is 13.0. The van der Waals surface area contributed by atoms with E-state index in [2.05, 4.69) is 15.5 Å². The lowest BCUT2D eigenvalue weighted by atomic mass is 10.1. The number of aromatic nitrogens is 3. The van der Waals surface area contributed by atoms with Crippen molar-refractivity contribution < 1.29 is 13.9 Å².